The molecule has 5 heteroatoms. The number of carbonyl (C=O) groups excluding carboxylic acids is 4. The summed E-state index contributed by atoms with van der Waals surface area (Å²) in [5, 5.41) is 0. The molecule has 0 amide bonds. The van der Waals surface area contributed by atoms with Crippen LogP contribution in [0.2, 0.25) is 0 Å². The second-order valence-electron chi connectivity index (χ2n) is 20.1. The van der Waals surface area contributed by atoms with Gasteiger partial charge in [-0.3, -0.25) is 19.2 Å². The minimum atomic E-state index is -0.420. The molecular weight excluding hydrogens is 596 g/mol. The van der Waals surface area contributed by atoms with Crippen LogP contribution in [0.3, 0.4) is 0 Å². The number of hydrogen-bond donors (Lipinski definition) is 0. The predicted octanol–water partition coefficient (Wildman–Crippen LogP) is 9.33. The standard InChI is InChI=1S/C43H64O5/c1-25(32-11-12-33-30-9-7-26-22-28(44)16-19-40(26,2)35(30)18-21-42(32,33)4)6-15-38(47)48-29-17-20-41(3)27(23-29)8-10-31-34-13-14-37(46)43(34,5)24-36(45)39(31)41/h25-27,29-35,39H,6-24H2,1-5H3/t25-,26?,27?,29-,30?,31+,32-,33?,34+,35?,39-,40+,41+,42-,43+/m1/s1. The normalized spacial score (nSPS) is 51.9. The molecule has 48 heavy (non-hydrogen) atoms. The van der Waals surface area contributed by atoms with E-state index < -0.39 is 5.41 Å². The highest BCUT2D eigenvalue weighted by atomic mass is 16.5. The zero-order chi connectivity index (χ0) is 33.8. The number of rotatable bonds is 5. The first-order valence-corrected chi connectivity index (χ1v) is 20.5. The third kappa shape index (κ3) is 4.94. The number of ketones is 3. The summed E-state index contributed by atoms with van der Waals surface area (Å²) in [4.78, 5) is 52.2. The highest BCUT2D eigenvalue weighted by molar-refractivity contribution is 5.95. The molecule has 8 aliphatic rings. The number of Topliss-reactive ketones (excluding diaryl/α,β-unsaturated/α-hetero) is 3. The molecule has 0 aliphatic heterocycles. The van der Waals surface area contributed by atoms with Gasteiger partial charge in [-0.15, -0.1) is 0 Å². The van der Waals surface area contributed by atoms with Gasteiger partial charge in [0.05, 0.1) is 0 Å². The number of carbonyl (C=O) groups is 4. The van der Waals surface area contributed by atoms with Crippen molar-refractivity contribution in [2.45, 2.75) is 163 Å². The Kier molecular flexibility index (Phi) is 8.23. The molecule has 0 bridgehead atoms. The Morgan fingerprint density at radius 2 is 1.48 bits per heavy atom. The molecule has 0 aromatic heterocycles. The minimum Gasteiger partial charge on any atom is -0.462 e. The highest BCUT2D eigenvalue weighted by Crippen LogP contribution is 2.69. The first-order chi connectivity index (χ1) is 22.8. The Morgan fingerprint density at radius 3 is 2.29 bits per heavy atom. The van der Waals surface area contributed by atoms with Crippen LogP contribution in [0.25, 0.3) is 0 Å². The summed E-state index contributed by atoms with van der Waals surface area (Å²) < 4.78 is 6.24. The van der Waals surface area contributed by atoms with Crippen molar-refractivity contribution >= 4 is 23.3 Å². The molecule has 8 rings (SSSR count). The van der Waals surface area contributed by atoms with Gasteiger partial charge in [-0.1, -0.05) is 34.6 Å². The van der Waals surface area contributed by atoms with E-state index in [2.05, 4.69) is 34.6 Å². The van der Waals surface area contributed by atoms with Gasteiger partial charge < -0.3 is 4.74 Å². The van der Waals surface area contributed by atoms with Crippen molar-refractivity contribution in [3.63, 3.8) is 0 Å². The molecule has 0 radical (unpaired) electrons. The van der Waals surface area contributed by atoms with E-state index >= 15 is 0 Å². The van der Waals surface area contributed by atoms with Crippen LogP contribution in [0.4, 0.5) is 0 Å². The van der Waals surface area contributed by atoms with Crippen molar-refractivity contribution in [3.05, 3.63) is 0 Å². The molecule has 0 aromatic carbocycles. The van der Waals surface area contributed by atoms with Crippen LogP contribution in [-0.2, 0) is 23.9 Å². The SMILES string of the molecule is C[C@H](CCC(=O)O[C@@H]1CC[C@@]2(C)C(CC[C@@H]3[C@@H]2C(=O)C[C@]2(C)C(=O)CC[C@@H]32)C1)[C@H]1CCC2C3CCC4CC(=O)CC[C@]4(C)C3CC[C@@]21C. The highest BCUT2D eigenvalue weighted by Gasteiger charge is 2.64. The van der Waals surface area contributed by atoms with Crippen LogP contribution in [0, 0.1) is 80.8 Å². The van der Waals surface area contributed by atoms with E-state index in [-0.39, 0.29) is 23.4 Å². The van der Waals surface area contributed by atoms with Crippen LogP contribution >= 0.6 is 0 Å². The topological polar surface area (TPSA) is 77.5 Å². The summed E-state index contributed by atoms with van der Waals surface area (Å²) >= 11 is 0. The summed E-state index contributed by atoms with van der Waals surface area (Å²) in [6.45, 7) is 12.0. The van der Waals surface area contributed by atoms with E-state index in [1.165, 1.54) is 38.5 Å². The van der Waals surface area contributed by atoms with Crippen molar-refractivity contribution < 1.29 is 23.9 Å². The van der Waals surface area contributed by atoms with Gasteiger partial charge in [0.25, 0.3) is 0 Å². The maximum Gasteiger partial charge on any atom is 0.306 e. The Labute approximate surface area is 290 Å². The van der Waals surface area contributed by atoms with Crippen molar-refractivity contribution in [2.24, 2.45) is 80.8 Å². The van der Waals surface area contributed by atoms with Gasteiger partial charge in [-0.25, -0.2) is 0 Å². The molecular formula is C43H64O5. The van der Waals surface area contributed by atoms with Gasteiger partial charge in [-0.05, 0) is 159 Å². The fraction of sp³-hybridized carbons (Fsp3) is 0.907. The number of esters is 1. The molecule has 8 fully saturated rings. The largest absolute Gasteiger partial charge is 0.462 e. The molecule has 8 saturated carbocycles. The molecule has 15 atom stereocenters. The Balaban J connectivity index is 0.851. The lowest BCUT2D eigenvalue weighted by molar-refractivity contribution is -0.170. The molecule has 0 N–H and O–H groups in total. The summed E-state index contributed by atoms with van der Waals surface area (Å²) in [7, 11) is 0. The van der Waals surface area contributed by atoms with Crippen LogP contribution in [0.15, 0.2) is 0 Å². The third-order valence-corrected chi connectivity index (χ3v) is 18.4. The monoisotopic (exact) mass is 660 g/mol. The molecule has 5 unspecified atom stereocenters. The molecule has 8 aliphatic carbocycles. The van der Waals surface area contributed by atoms with Gasteiger partial charge in [0.1, 0.15) is 23.5 Å². The fourth-order valence-electron chi connectivity index (χ4n) is 15.7. The average molecular weight is 661 g/mol. The van der Waals surface area contributed by atoms with Crippen LogP contribution in [0.5, 0.6) is 0 Å². The van der Waals surface area contributed by atoms with E-state index in [0.29, 0.717) is 82.9 Å². The quantitative estimate of drug-likeness (QED) is 0.275. The summed E-state index contributed by atoms with van der Waals surface area (Å²) in [6, 6.07) is 0. The maximum atomic E-state index is 13.7. The van der Waals surface area contributed by atoms with Crippen LogP contribution in [0.1, 0.15) is 157 Å². The summed E-state index contributed by atoms with van der Waals surface area (Å²) in [6.07, 6.45) is 19.0. The smallest absolute Gasteiger partial charge is 0.306 e. The Morgan fingerprint density at radius 1 is 0.750 bits per heavy atom. The molecule has 0 aromatic rings. The lowest BCUT2D eigenvalue weighted by Gasteiger charge is -2.60. The number of fused-ring (bicyclic) bond motifs is 10. The summed E-state index contributed by atoms with van der Waals surface area (Å²) in [5.41, 5.74) is 0.301. The first kappa shape index (κ1) is 33.6. The predicted molar refractivity (Wildman–Crippen MR) is 186 cm³/mol. The molecule has 0 saturated heterocycles. The molecule has 0 spiro atoms. The Hall–Kier alpha value is -1.52. The maximum absolute atomic E-state index is 13.7. The second-order valence-corrected chi connectivity index (χ2v) is 20.1. The van der Waals surface area contributed by atoms with Crippen molar-refractivity contribution in [1.29, 1.82) is 0 Å². The van der Waals surface area contributed by atoms with E-state index in [9.17, 15) is 19.2 Å². The zero-order valence-electron chi connectivity index (χ0n) is 30.8. The fourth-order valence-corrected chi connectivity index (χ4v) is 15.7. The zero-order valence-corrected chi connectivity index (χ0v) is 30.8. The average Bonchev–Trinajstić information content (AvgIpc) is 3.55. The van der Waals surface area contributed by atoms with Crippen molar-refractivity contribution in [1.82, 2.24) is 0 Å². The lowest BCUT2D eigenvalue weighted by Crippen LogP contribution is -2.57. The molecule has 0 heterocycles. The number of hydrogen-bond acceptors (Lipinski definition) is 5. The molecule has 5 nitrogen and oxygen atoms in total. The van der Waals surface area contributed by atoms with Gasteiger partial charge in [0.15, 0.2) is 0 Å². The van der Waals surface area contributed by atoms with Gasteiger partial charge >= 0.3 is 5.97 Å². The van der Waals surface area contributed by atoms with Gasteiger partial charge in [0.2, 0.25) is 0 Å². The summed E-state index contributed by atoms with van der Waals surface area (Å²) in [5.74, 6) is 6.63. The third-order valence-electron chi connectivity index (χ3n) is 18.4. The second kappa shape index (κ2) is 11.8. The van der Waals surface area contributed by atoms with E-state index in [0.717, 1.165) is 82.0 Å². The lowest BCUT2D eigenvalue weighted by atomic mass is 9.44. The van der Waals surface area contributed by atoms with Gasteiger partial charge in [-0.2, -0.15) is 0 Å². The van der Waals surface area contributed by atoms with Gasteiger partial charge in [0, 0.05) is 43.4 Å². The number of ether oxygens (including phenoxy) is 1. The Bertz CT molecular complexity index is 1350. The van der Waals surface area contributed by atoms with E-state index in [4.69, 9.17) is 4.74 Å². The van der Waals surface area contributed by atoms with Crippen LogP contribution < -0.4 is 0 Å². The van der Waals surface area contributed by atoms with Crippen molar-refractivity contribution in [3.8, 4) is 0 Å². The van der Waals surface area contributed by atoms with E-state index in [1.54, 1.807) is 0 Å². The first-order valence-electron chi connectivity index (χ1n) is 20.5. The van der Waals surface area contributed by atoms with Crippen LogP contribution in [-0.4, -0.2) is 29.4 Å². The van der Waals surface area contributed by atoms with Crippen molar-refractivity contribution in [2.75, 3.05) is 0 Å². The molecule has 266 valence electrons. The minimum absolute atomic E-state index is 0.0142. The van der Waals surface area contributed by atoms with E-state index in [1.807, 2.05) is 0 Å².